The Labute approximate surface area is 113 Å². The molecule has 84 valence electrons. The van der Waals surface area contributed by atoms with Crippen LogP contribution in [0.4, 0.5) is 4.79 Å². The van der Waals surface area contributed by atoms with Crippen LogP contribution in [0.15, 0.2) is 0 Å². The number of carbonyl (C=O) groups is 1. The van der Waals surface area contributed by atoms with Crippen LogP contribution in [0.5, 0.6) is 0 Å². The third-order valence-electron chi connectivity index (χ3n) is 2.12. The summed E-state index contributed by atoms with van der Waals surface area (Å²) in [6.07, 6.45) is 0.775. The van der Waals surface area contributed by atoms with Gasteiger partial charge in [-0.15, -0.1) is 0 Å². The Morgan fingerprint density at radius 2 is 1.80 bits per heavy atom. The molecule has 1 aliphatic rings. The molecule has 1 heterocycles. The molecule has 1 amide bonds. The van der Waals surface area contributed by atoms with Crippen LogP contribution < -0.4 is 0 Å². The number of aliphatic hydroxyl groups excluding tert-OH is 1. The second-order valence-corrected chi connectivity index (χ2v) is 4.70. The van der Waals surface area contributed by atoms with Gasteiger partial charge in [0, 0.05) is 13.1 Å². The van der Waals surface area contributed by atoms with E-state index >= 15 is 0 Å². The van der Waals surface area contributed by atoms with E-state index in [1.165, 1.54) is 0 Å². The van der Waals surface area contributed by atoms with Gasteiger partial charge in [0.15, 0.2) is 0 Å². The van der Waals surface area contributed by atoms with Crippen LogP contribution in [-0.2, 0) is 4.74 Å². The molecule has 0 bridgehead atoms. The molecule has 0 aromatic carbocycles. The Balaban J connectivity index is 0.00000196. The van der Waals surface area contributed by atoms with Crippen LogP contribution in [-0.4, -0.2) is 70.5 Å². The first-order chi connectivity index (χ1) is 6.38. The van der Waals surface area contributed by atoms with Crippen molar-refractivity contribution in [2.75, 3.05) is 13.1 Å². The van der Waals surface area contributed by atoms with Gasteiger partial charge in [-0.3, -0.25) is 0 Å². The standard InChI is InChI=1S/C10H19NO3.Na.H/c1-10(2,3)14-9(13)11-6-4-8(12)5-7-11;;/h8,12H,4-7H2,1-3H3;;. The van der Waals surface area contributed by atoms with Gasteiger partial charge in [-0.25, -0.2) is 4.79 Å². The molecule has 0 aliphatic carbocycles. The number of piperidine rings is 1. The molecule has 1 aliphatic heterocycles. The molecule has 4 nitrogen and oxygen atoms in total. The number of hydrogen-bond acceptors (Lipinski definition) is 3. The van der Waals surface area contributed by atoms with Crippen molar-refractivity contribution in [3.05, 3.63) is 0 Å². The van der Waals surface area contributed by atoms with Crippen LogP contribution in [0, 0.1) is 0 Å². The predicted octanol–water partition coefficient (Wildman–Crippen LogP) is 0.730. The molecular formula is C10H20NNaO3. The molecule has 0 saturated carbocycles. The van der Waals surface area contributed by atoms with Crippen LogP contribution in [0.3, 0.4) is 0 Å². The summed E-state index contributed by atoms with van der Waals surface area (Å²) in [4.78, 5) is 13.2. The van der Waals surface area contributed by atoms with Gasteiger partial charge in [0.05, 0.1) is 6.10 Å². The van der Waals surface area contributed by atoms with Crippen molar-refractivity contribution >= 4 is 35.7 Å². The zero-order valence-electron chi connectivity index (χ0n) is 9.12. The summed E-state index contributed by atoms with van der Waals surface area (Å²) in [5.41, 5.74) is -0.437. The molecule has 0 spiro atoms. The Bertz CT molecular complexity index is 207. The van der Waals surface area contributed by atoms with E-state index in [1.54, 1.807) is 4.90 Å². The molecule has 1 saturated heterocycles. The topological polar surface area (TPSA) is 49.8 Å². The molecule has 0 aromatic heterocycles. The van der Waals surface area contributed by atoms with Gasteiger partial charge in [-0.2, -0.15) is 0 Å². The molecule has 5 heteroatoms. The number of nitrogens with zero attached hydrogens (tertiary/aromatic N) is 1. The zero-order valence-corrected chi connectivity index (χ0v) is 9.12. The fourth-order valence-electron chi connectivity index (χ4n) is 1.37. The van der Waals surface area contributed by atoms with E-state index < -0.39 is 5.60 Å². The second-order valence-electron chi connectivity index (χ2n) is 4.70. The van der Waals surface area contributed by atoms with E-state index in [1.807, 2.05) is 20.8 Å². The van der Waals surface area contributed by atoms with Crippen molar-refractivity contribution in [3.8, 4) is 0 Å². The van der Waals surface area contributed by atoms with E-state index in [0.717, 1.165) is 0 Å². The normalized spacial score (nSPS) is 18.3. The minimum atomic E-state index is -0.437. The fourth-order valence-corrected chi connectivity index (χ4v) is 1.37. The average Bonchev–Trinajstić information content (AvgIpc) is 2.02. The molecule has 1 rings (SSSR count). The molecule has 0 aromatic rings. The first-order valence-corrected chi connectivity index (χ1v) is 5.04. The summed E-state index contributed by atoms with van der Waals surface area (Å²) in [7, 11) is 0. The van der Waals surface area contributed by atoms with Gasteiger partial charge in [-0.1, -0.05) is 0 Å². The van der Waals surface area contributed by atoms with Gasteiger partial charge in [0.25, 0.3) is 0 Å². The monoisotopic (exact) mass is 225 g/mol. The average molecular weight is 225 g/mol. The van der Waals surface area contributed by atoms with Crippen LogP contribution in [0.1, 0.15) is 33.6 Å². The molecule has 1 fully saturated rings. The second kappa shape index (κ2) is 6.09. The Morgan fingerprint density at radius 1 is 1.33 bits per heavy atom. The van der Waals surface area contributed by atoms with E-state index in [-0.39, 0.29) is 41.8 Å². The number of rotatable bonds is 0. The number of carbonyl (C=O) groups excluding carboxylic acids is 1. The Morgan fingerprint density at radius 3 is 2.20 bits per heavy atom. The summed E-state index contributed by atoms with van der Waals surface area (Å²) in [5, 5.41) is 9.26. The van der Waals surface area contributed by atoms with Crippen molar-refractivity contribution in [1.29, 1.82) is 0 Å². The van der Waals surface area contributed by atoms with Crippen molar-refractivity contribution in [1.82, 2.24) is 4.90 Å². The van der Waals surface area contributed by atoms with Crippen molar-refractivity contribution in [2.24, 2.45) is 0 Å². The van der Waals surface area contributed by atoms with Crippen molar-refractivity contribution in [2.45, 2.75) is 45.3 Å². The molecule has 1 N–H and O–H groups in total. The third-order valence-corrected chi connectivity index (χ3v) is 2.12. The number of hydrogen-bond donors (Lipinski definition) is 1. The zero-order chi connectivity index (χ0) is 10.8. The van der Waals surface area contributed by atoms with Crippen molar-refractivity contribution in [3.63, 3.8) is 0 Å². The summed E-state index contributed by atoms with van der Waals surface area (Å²) >= 11 is 0. The number of ether oxygens (including phenoxy) is 1. The maximum absolute atomic E-state index is 11.5. The number of aliphatic hydroxyl groups is 1. The van der Waals surface area contributed by atoms with E-state index in [2.05, 4.69) is 0 Å². The molecular weight excluding hydrogens is 205 g/mol. The number of likely N-dealkylation sites (tertiary alicyclic amines) is 1. The molecule has 0 atom stereocenters. The van der Waals surface area contributed by atoms with Crippen LogP contribution >= 0.6 is 0 Å². The number of amides is 1. The van der Waals surface area contributed by atoms with Crippen molar-refractivity contribution < 1.29 is 14.6 Å². The van der Waals surface area contributed by atoms with E-state index in [9.17, 15) is 9.90 Å². The predicted molar refractivity (Wildman–Crippen MR) is 60.2 cm³/mol. The maximum atomic E-state index is 11.5. The molecule has 0 radical (unpaired) electrons. The Kier molecular flexibility index (Phi) is 6.18. The summed E-state index contributed by atoms with van der Waals surface area (Å²) in [6, 6.07) is 0. The first-order valence-electron chi connectivity index (χ1n) is 5.04. The fraction of sp³-hybridized carbons (Fsp3) is 0.900. The van der Waals surface area contributed by atoms with E-state index in [4.69, 9.17) is 4.74 Å². The SMILES string of the molecule is CC(C)(C)OC(=O)N1CCC(O)CC1.[NaH]. The summed E-state index contributed by atoms with van der Waals surface area (Å²) in [5.74, 6) is 0. The van der Waals surface area contributed by atoms with Gasteiger partial charge in [0.1, 0.15) is 5.60 Å². The molecule has 0 unspecified atom stereocenters. The van der Waals surface area contributed by atoms with Crippen LogP contribution in [0.2, 0.25) is 0 Å². The van der Waals surface area contributed by atoms with Gasteiger partial charge >= 0.3 is 35.7 Å². The molecule has 15 heavy (non-hydrogen) atoms. The first kappa shape index (κ1) is 15.2. The van der Waals surface area contributed by atoms with Gasteiger partial charge in [0.2, 0.25) is 0 Å². The van der Waals surface area contributed by atoms with Crippen LogP contribution in [0.25, 0.3) is 0 Å². The summed E-state index contributed by atoms with van der Waals surface area (Å²) < 4.78 is 5.22. The van der Waals surface area contributed by atoms with Gasteiger partial charge < -0.3 is 14.7 Å². The summed E-state index contributed by atoms with van der Waals surface area (Å²) in [6.45, 7) is 6.74. The minimum absolute atomic E-state index is 0. The Hall–Kier alpha value is 0.230. The van der Waals surface area contributed by atoms with E-state index in [0.29, 0.717) is 25.9 Å². The van der Waals surface area contributed by atoms with Gasteiger partial charge in [-0.05, 0) is 33.6 Å². The third kappa shape index (κ3) is 5.76. The quantitative estimate of drug-likeness (QED) is 0.618.